The van der Waals surface area contributed by atoms with E-state index < -0.39 is 0 Å². The van der Waals surface area contributed by atoms with Gasteiger partial charge in [0.15, 0.2) is 0 Å². The molecule has 106 valence electrons. The number of aliphatic hydroxyl groups is 1. The molecule has 0 spiro atoms. The van der Waals surface area contributed by atoms with Crippen LogP contribution < -0.4 is 15.5 Å². The minimum absolute atomic E-state index is 0.149. The quantitative estimate of drug-likeness (QED) is 0.693. The van der Waals surface area contributed by atoms with Gasteiger partial charge in [0.05, 0.1) is 0 Å². The smallest absolute Gasteiger partial charge is 0.231 e. The second kappa shape index (κ2) is 6.51. The molecule has 0 saturated carbocycles. The molecular formula is C12H22N6O. The second-order valence-corrected chi connectivity index (χ2v) is 4.90. The predicted molar refractivity (Wildman–Crippen MR) is 75.6 cm³/mol. The standard InChI is InChI=1S/C12H22N6O/c1-9(8-19)7-14-11-15-10(13-2)16-12(17-11)18-5-3-4-6-18/h9,19H,3-8H2,1-2H3,(H2,13,14,15,16,17). The van der Waals surface area contributed by atoms with Crippen LogP contribution in [-0.2, 0) is 0 Å². The van der Waals surface area contributed by atoms with Gasteiger partial charge in [-0.25, -0.2) is 0 Å². The van der Waals surface area contributed by atoms with Crippen molar-refractivity contribution in [2.24, 2.45) is 5.92 Å². The van der Waals surface area contributed by atoms with Gasteiger partial charge in [-0.2, -0.15) is 15.0 Å². The van der Waals surface area contributed by atoms with E-state index in [1.165, 1.54) is 12.8 Å². The summed E-state index contributed by atoms with van der Waals surface area (Å²) in [6, 6.07) is 0. The Kier molecular flexibility index (Phi) is 4.73. The van der Waals surface area contributed by atoms with Crippen LogP contribution in [0.25, 0.3) is 0 Å². The molecule has 2 rings (SSSR count). The Morgan fingerprint density at radius 3 is 2.53 bits per heavy atom. The molecule has 1 atom stereocenters. The maximum atomic E-state index is 9.03. The molecule has 0 bridgehead atoms. The molecule has 1 saturated heterocycles. The van der Waals surface area contributed by atoms with Gasteiger partial charge in [-0.05, 0) is 18.8 Å². The molecule has 1 unspecified atom stereocenters. The van der Waals surface area contributed by atoms with E-state index in [1.807, 2.05) is 6.92 Å². The molecule has 19 heavy (non-hydrogen) atoms. The third kappa shape index (κ3) is 3.66. The molecule has 3 N–H and O–H groups in total. The summed E-state index contributed by atoms with van der Waals surface area (Å²) in [6.45, 7) is 4.76. The fourth-order valence-corrected chi connectivity index (χ4v) is 1.94. The number of aromatic nitrogens is 3. The van der Waals surface area contributed by atoms with Crippen LogP contribution in [0, 0.1) is 5.92 Å². The molecule has 0 aliphatic carbocycles. The molecule has 7 nitrogen and oxygen atoms in total. The van der Waals surface area contributed by atoms with Crippen molar-refractivity contribution in [1.29, 1.82) is 0 Å². The van der Waals surface area contributed by atoms with E-state index in [4.69, 9.17) is 5.11 Å². The maximum Gasteiger partial charge on any atom is 0.231 e. The van der Waals surface area contributed by atoms with Crippen LogP contribution in [0.4, 0.5) is 17.8 Å². The van der Waals surface area contributed by atoms with Gasteiger partial charge < -0.3 is 20.6 Å². The number of anilines is 3. The molecule has 1 aliphatic heterocycles. The fourth-order valence-electron chi connectivity index (χ4n) is 1.94. The monoisotopic (exact) mass is 266 g/mol. The van der Waals surface area contributed by atoms with Crippen LogP contribution in [0.3, 0.4) is 0 Å². The number of nitrogens with one attached hydrogen (secondary N) is 2. The van der Waals surface area contributed by atoms with Crippen LogP contribution in [0.2, 0.25) is 0 Å². The Morgan fingerprint density at radius 1 is 1.21 bits per heavy atom. The highest BCUT2D eigenvalue weighted by Gasteiger charge is 2.17. The van der Waals surface area contributed by atoms with E-state index in [0.717, 1.165) is 19.0 Å². The Labute approximate surface area is 113 Å². The lowest BCUT2D eigenvalue weighted by molar-refractivity contribution is 0.244. The summed E-state index contributed by atoms with van der Waals surface area (Å²) >= 11 is 0. The Morgan fingerprint density at radius 2 is 1.89 bits per heavy atom. The lowest BCUT2D eigenvalue weighted by atomic mass is 10.2. The zero-order chi connectivity index (χ0) is 13.7. The molecular weight excluding hydrogens is 244 g/mol. The third-order valence-electron chi connectivity index (χ3n) is 3.16. The van der Waals surface area contributed by atoms with Crippen molar-refractivity contribution in [2.45, 2.75) is 19.8 Å². The third-order valence-corrected chi connectivity index (χ3v) is 3.16. The minimum atomic E-state index is 0.149. The number of rotatable bonds is 6. The highest BCUT2D eigenvalue weighted by molar-refractivity contribution is 5.44. The van der Waals surface area contributed by atoms with Crippen molar-refractivity contribution in [3.63, 3.8) is 0 Å². The number of aliphatic hydroxyl groups excluding tert-OH is 1. The first kappa shape index (κ1) is 13.8. The Bertz CT molecular complexity index is 407. The summed E-state index contributed by atoms with van der Waals surface area (Å²) in [7, 11) is 1.79. The average Bonchev–Trinajstić information content (AvgIpc) is 2.98. The van der Waals surface area contributed by atoms with Gasteiger partial charge in [0.2, 0.25) is 17.8 Å². The van der Waals surface area contributed by atoms with Crippen LogP contribution >= 0.6 is 0 Å². The van der Waals surface area contributed by atoms with Crippen molar-refractivity contribution >= 4 is 17.8 Å². The number of hydrogen-bond acceptors (Lipinski definition) is 7. The fraction of sp³-hybridized carbons (Fsp3) is 0.750. The van der Waals surface area contributed by atoms with E-state index in [1.54, 1.807) is 7.05 Å². The topological polar surface area (TPSA) is 86.2 Å². The van der Waals surface area contributed by atoms with Gasteiger partial charge in [-0.3, -0.25) is 0 Å². The lowest BCUT2D eigenvalue weighted by Crippen LogP contribution is -2.23. The van der Waals surface area contributed by atoms with Crippen molar-refractivity contribution in [3.8, 4) is 0 Å². The summed E-state index contributed by atoms with van der Waals surface area (Å²) in [5.74, 6) is 2.01. The lowest BCUT2D eigenvalue weighted by Gasteiger charge is -2.17. The molecule has 2 heterocycles. The molecule has 7 heteroatoms. The minimum Gasteiger partial charge on any atom is -0.396 e. The van der Waals surface area contributed by atoms with Crippen molar-refractivity contribution in [2.75, 3.05) is 48.8 Å². The van der Waals surface area contributed by atoms with Gasteiger partial charge >= 0.3 is 0 Å². The molecule has 0 radical (unpaired) electrons. The van der Waals surface area contributed by atoms with Crippen molar-refractivity contribution < 1.29 is 5.11 Å². The largest absolute Gasteiger partial charge is 0.396 e. The van der Waals surface area contributed by atoms with Crippen molar-refractivity contribution in [1.82, 2.24) is 15.0 Å². The van der Waals surface area contributed by atoms with Crippen LogP contribution in [0.15, 0.2) is 0 Å². The average molecular weight is 266 g/mol. The SMILES string of the molecule is CNc1nc(NCC(C)CO)nc(N2CCCC2)n1. The van der Waals surface area contributed by atoms with Gasteiger partial charge in [0.1, 0.15) is 0 Å². The van der Waals surface area contributed by atoms with E-state index in [0.29, 0.717) is 18.4 Å². The normalized spacial score (nSPS) is 16.5. The van der Waals surface area contributed by atoms with Gasteiger partial charge in [-0.15, -0.1) is 0 Å². The molecule has 1 aliphatic rings. The summed E-state index contributed by atoms with van der Waals surface area (Å²) in [6.07, 6.45) is 2.37. The zero-order valence-corrected chi connectivity index (χ0v) is 11.6. The highest BCUT2D eigenvalue weighted by Crippen LogP contribution is 2.18. The highest BCUT2D eigenvalue weighted by atomic mass is 16.3. The maximum absolute atomic E-state index is 9.03. The van der Waals surface area contributed by atoms with Crippen LogP contribution in [0.5, 0.6) is 0 Å². The van der Waals surface area contributed by atoms with E-state index >= 15 is 0 Å². The number of hydrogen-bond donors (Lipinski definition) is 3. The van der Waals surface area contributed by atoms with Gasteiger partial charge in [-0.1, -0.05) is 6.92 Å². The summed E-state index contributed by atoms with van der Waals surface area (Å²) in [5, 5.41) is 15.1. The second-order valence-electron chi connectivity index (χ2n) is 4.90. The molecule has 0 amide bonds. The van der Waals surface area contributed by atoms with Gasteiger partial charge in [0, 0.05) is 33.3 Å². The Balaban J connectivity index is 2.11. The first-order valence-corrected chi connectivity index (χ1v) is 6.76. The Hall–Kier alpha value is -1.63. The molecule has 1 fully saturated rings. The first-order valence-electron chi connectivity index (χ1n) is 6.76. The zero-order valence-electron chi connectivity index (χ0n) is 11.6. The van der Waals surface area contributed by atoms with E-state index in [-0.39, 0.29) is 12.5 Å². The molecule has 1 aromatic rings. The molecule has 0 aromatic carbocycles. The van der Waals surface area contributed by atoms with E-state index in [2.05, 4.69) is 30.5 Å². The van der Waals surface area contributed by atoms with E-state index in [9.17, 15) is 0 Å². The van der Waals surface area contributed by atoms with Crippen LogP contribution in [0.1, 0.15) is 19.8 Å². The molecule has 1 aromatic heterocycles. The summed E-state index contributed by atoms with van der Waals surface area (Å²) in [4.78, 5) is 15.3. The first-order chi connectivity index (χ1) is 9.22. The predicted octanol–water partition coefficient (Wildman–Crippen LogP) is 0.554. The van der Waals surface area contributed by atoms with Crippen molar-refractivity contribution in [3.05, 3.63) is 0 Å². The summed E-state index contributed by atoms with van der Waals surface area (Å²) in [5.41, 5.74) is 0. The van der Waals surface area contributed by atoms with Gasteiger partial charge in [0.25, 0.3) is 0 Å². The van der Waals surface area contributed by atoms with Crippen LogP contribution in [-0.4, -0.2) is 53.3 Å². The number of nitrogens with zero attached hydrogens (tertiary/aromatic N) is 4. The summed E-state index contributed by atoms with van der Waals surface area (Å²) < 4.78 is 0.